The number of halogens is 3. The molecule has 0 spiro atoms. The number of benzene rings is 3. The van der Waals surface area contributed by atoms with Crippen LogP contribution in [-0.2, 0) is 6.54 Å². The summed E-state index contributed by atoms with van der Waals surface area (Å²) in [5, 5.41) is 11.7. The molecule has 0 radical (unpaired) electrons. The van der Waals surface area contributed by atoms with Crippen LogP contribution in [0.2, 0.25) is 0 Å². The van der Waals surface area contributed by atoms with Gasteiger partial charge in [-0.05, 0) is 72.5 Å². The third-order valence-electron chi connectivity index (χ3n) is 7.24. The van der Waals surface area contributed by atoms with Crippen molar-refractivity contribution in [3.05, 3.63) is 102 Å². The number of hydrogen-bond donors (Lipinski definition) is 1. The summed E-state index contributed by atoms with van der Waals surface area (Å²) >= 11 is 0. The van der Waals surface area contributed by atoms with E-state index in [-0.39, 0.29) is 5.75 Å². The van der Waals surface area contributed by atoms with Gasteiger partial charge < -0.3 is 14.4 Å². The number of alkyl halides is 3. The van der Waals surface area contributed by atoms with Gasteiger partial charge in [-0.3, -0.25) is 10.2 Å². The number of anilines is 2. The Morgan fingerprint density at radius 3 is 2.52 bits per heavy atom. The van der Waals surface area contributed by atoms with Crippen LogP contribution in [0.3, 0.4) is 0 Å². The first-order valence-electron chi connectivity index (χ1n) is 14.0. The molecule has 5 rings (SSSR count). The molecular formula is C33H30F3N5O3. The fraction of sp³-hybridized carbons (Fsp3) is 0.242. The van der Waals surface area contributed by atoms with E-state index in [1.807, 2.05) is 31.2 Å². The molecule has 2 heterocycles. The Morgan fingerprint density at radius 2 is 1.80 bits per heavy atom. The molecule has 4 aromatic rings. The molecule has 1 fully saturated rings. The first-order chi connectivity index (χ1) is 21.2. The second-order valence-corrected chi connectivity index (χ2v) is 10.4. The molecule has 44 heavy (non-hydrogen) atoms. The van der Waals surface area contributed by atoms with Crippen molar-refractivity contribution in [2.24, 2.45) is 0 Å². The molecule has 0 saturated carbocycles. The lowest BCUT2D eigenvalue weighted by Crippen LogP contribution is -2.31. The van der Waals surface area contributed by atoms with Crippen molar-refractivity contribution in [2.45, 2.75) is 26.3 Å². The number of ether oxygens (including phenoxy) is 2. The van der Waals surface area contributed by atoms with Gasteiger partial charge in [-0.15, -0.1) is 13.2 Å². The van der Waals surface area contributed by atoms with Crippen LogP contribution in [0.25, 0.3) is 11.1 Å². The third-order valence-corrected chi connectivity index (χ3v) is 7.24. The zero-order chi connectivity index (χ0) is 31.1. The Hall–Kier alpha value is -5.08. The van der Waals surface area contributed by atoms with Gasteiger partial charge >= 0.3 is 12.5 Å². The molecule has 0 aliphatic carbocycles. The van der Waals surface area contributed by atoms with Crippen LogP contribution < -0.4 is 19.7 Å². The number of para-hydroxylation sites is 1. The number of hydrogen-bond acceptors (Lipinski definition) is 7. The highest BCUT2D eigenvalue weighted by Gasteiger charge is 2.32. The largest absolute Gasteiger partial charge is 0.573 e. The van der Waals surface area contributed by atoms with Crippen LogP contribution in [0.1, 0.15) is 23.1 Å². The number of nitrogens with zero attached hydrogens (tertiary/aromatic N) is 4. The van der Waals surface area contributed by atoms with Gasteiger partial charge in [0.1, 0.15) is 17.3 Å². The van der Waals surface area contributed by atoms with Crippen LogP contribution in [0.4, 0.5) is 29.5 Å². The van der Waals surface area contributed by atoms with Crippen LogP contribution >= 0.6 is 0 Å². The lowest BCUT2D eigenvalue weighted by atomic mass is 9.99. The highest BCUT2D eigenvalue weighted by atomic mass is 19.4. The van der Waals surface area contributed by atoms with Crippen molar-refractivity contribution >= 4 is 17.6 Å². The van der Waals surface area contributed by atoms with Crippen molar-refractivity contribution in [2.75, 3.05) is 36.4 Å². The van der Waals surface area contributed by atoms with E-state index in [4.69, 9.17) is 10.00 Å². The van der Waals surface area contributed by atoms with Gasteiger partial charge in [0.05, 0.1) is 23.5 Å². The Morgan fingerprint density at radius 1 is 1.00 bits per heavy atom. The number of nitrogens with one attached hydrogen (secondary N) is 1. The summed E-state index contributed by atoms with van der Waals surface area (Å²) in [6.07, 6.45) is -3.04. The predicted molar refractivity (Wildman–Crippen MR) is 160 cm³/mol. The summed E-state index contributed by atoms with van der Waals surface area (Å²) in [7, 11) is 0. The molecule has 0 bridgehead atoms. The average molecular weight is 602 g/mol. The minimum Gasteiger partial charge on any atom is -0.410 e. The highest BCUT2D eigenvalue weighted by Crippen LogP contribution is 2.29. The third kappa shape index (κ3) is 8.05. The molecule has 1 aliphatic heterocycles. The van der Waals surface area contributed by atoms with E-state index in [1.165, 1.54) is 12.1 Å². The number of rotatable bonds is 7. The van der Waals surface area contributed by atoms with E-state index >= 15 is 0 Å². The normalized spacial score (nSPS) is 13.9. The maximum atomic E-state index is 12.8. The summed E-state index contributed by atoms with van der Waals surface area (Å²) < 4.78 is 48.2. The first-order valence-corrected chi connectivity index (χ1v) is 14.0. The molecular weight excluding hydrogens is 571 g/mol. The molecule has 3 aromatic carbocycles. The molecule has 8 nitrogen and oxygen atoms in total. The predicted octanol–water partition coefficient (Wildman–Crippen LogP) is 7.15. The minimum absolute atomic E-state index is 0.182. The maximum absolute atomic E-state index is 12.8. The summed E-state index contributed by atoms with van der Waals surface area (Å²) in [6.45, 7) is 5.02. The molecule has 1 aliphatic rings. The number of aromatic nitrogens is 1. The van der Waals surface area contributed by atoms with E-state index in [0.29, 0.717) is 48.7 Å². The lowest BCUT2D eigenvalue weighted by Gasteiger charge is -2.23. The minimum atomic E-state index is -4.74. The van der Waals surface area contributed by atoms with E-state index in [1.54, 1.807) is 48.7 Å². The Bertz CT molecular complexity index is 1640. The number of carbonyl (C=O) groups excluding carboxylic acids is 1. The van der Waals surface area contributed by atoms with E-state index < -0.39 is 12.5 Å². The molecule has 1 saturated heterocycles. The van der Waals surface area contributed by atoms with Crippen molar-refractivity contribution in [1.29, 1.82) is 5.26 Å². The SMILES string of the molecule is Cc1ccc(OC(=O)Nc2ccc(N3CCCN(Cc4ccccc4OC(F)(F)F)CC3)nc2)cc1-c1ccc(C#N)cc1. The average Bonchev–Trinajstić information content (AvgIpc) is 3.24. The fourth-order valence-electron chi connectivity index (χ4n) is 5.06. The van der Waals surface area contributed by atoms with Crippen LogP contribution in [-0.4, -0.2) is 48.5 Å². The van der Waals surface area contributed by atoms with Crippen LogP contribution in [0.5, 0.6) is 11.5 Å². The smallest absolute Gasteiger partial charge is 0.410 e. The standard InChI is InChI=1S/C33H30F3N5O3/c1-23-7-13-28(19-29(23)25-10-8-24(20-37)9-11-25)43-32(42)39-27-12-14-31(38-21-27)41-16-4-15-40(17-18-41)22-26-5-2-3-6-30(26)44-33(34,35)36/h2-3,5-14,19,21H,4,15-18,22H2,1H3,(H,39,42). The van der Waals surface area contributed by atoms with Gasteiger partial charge in [-0.2, -0.15) is 5.26 Å². The van der Waals surface area contributed by atoms with Crippen molar-refractivity contribution < 1.29 is 27.4 Å². The molecule has 1 amide bonds. The molecule has 1 N–H and O–H groups in total. The monoisotopic (exact) mass is 601 g/mol. The van der Waals surface area contributed by atoms with Gasteiger partial charge in [0.15, 0.2) is 0 Å². The number of nitriles is 1. The van der Waals surface area contributed by atoms with Gasteiger partial charge in [0.25, 0.3) is 0 Å². The van der Waals surface area contributed by atoms with Crippen molar-refractivity contribution in [3.63, 3.8) is 0 Å². The van der Waals surface area contributed by atoms with Gasteiger partial charge in [-0.25, -0.2) is 9.78 Å². The molecule has 0 atom stereocenters. The highest BCUT2D eigenvalue weighted by molar-refractivity contribution is 5.86. The second-order valence-electron chi connectivity index (χ2n) is 10.4. The summed E-state index contributed by atoms with van der Waals surface area (Å²) in [5.41, 5.74) is 4.31. The van der Waals surface area contributed by atoms with E-state index in [2.05, 4.69) is 30.9 Å². The number of pyridine rings is 1. The zero-order valence-corrected chi connectivity index (χ0v) is 24.0. The fourth-order valence-corrected chi connectivity index (χ4v) is 5.06. The summed E-state index contributed by atoms with van der Waals surface area (Å²) in [5.74, 6) is 0.925. The van der Waals surface area contributed by atoms with E-state index in [0.717, 1.165) is 35.5 Å². The molecule has 226 valence electrons. The molecule has 0 unspecified atom stereocenters. The number of carbonyl (C=O) groups is 1. The summed E-state index contributed by atoms with van der Waals surface area (Å²) in [6, 6.07) is 24.4. The van der Waals surface area contributed by atoms with E-state index in [9.17, 15) is 18.0 Å². The maximum Gasteiger partial charge on any atom is 0.573 e. The van der Waals surface area contributed by atoms with Crippen molar-refractivity contribution in [1.82, 2.24) is 9.88 Å². The van der Waals surface area contributed by atoms with Crippen molar-refractivity contribution in [3.8, 4) is 28.7 Å². The first kappa shape index (κ1) is 30.4. The van der Waals surface area contributed by atoms with Gasteiger partial charge in [-0.1, -0.05) is 36.4 Å². The zero-order valence-electron chi connectivity index (χ0n) is 24.0. The molecule has 11 heteroatoms. The Balaban J connectivity index is 1.16. The van der Waals surface area contributed by atoms with Gasteiger partial charge in [0, 0.05) is 38.3 Å². The Labute approximate surface area is 253 Å². The van der Waals surface area contributed by atoms with Crippen LogP contribution in [0, 0.1) is 18.3 Å². The quantitative estimate of drug-likeness (QED) is 0.241. The van der Waals surface area contributed by atoms with Crippen LogP contribution in [0.15, 0.2) is 85.1 Å². The Kier molecular flexibility index (Phi) is 9.31. The summed E-state index contributed by atoms with van der Waals surface area (Å²) in [4.78, 5) is 21.4. The lowest BCUT2D eigenvalue weighted by molar-refractivity contribution is -0.275. The topological polar surface area (TPSA) is 90.7 Å². The number of aryl methyl sites for hydroxylation is 1. The molecule has 1 aromatic heterocycles. The second kappa shape index (κ2) is 13.5. The number of amides is 1. The van der Waals surface area contributed by atoms with Gasteiger partial charge in [0.2, 0.25) is 0 Å².